The molecular formula is C13H17NO. The van der Waals surface area contributed by atoms with E-state index in [1.165, 1.54) is 5.56 Å². The molecule has 80 valence electrons. The summed E-state index contributed by atoms with van der Waals surface area (Å²) in [5, 5.41) is 3.11. The van der Waals surface area contributed by atoms with Gasteiger partial charge in [0.05, 0.1) is 6.61 Å². The minimum atomic E-state index is 0.685. The number of unbranched alkanes of at least 4 members (excludes halogenated alkanes) is 1. The zero-order valence-corrected chi connectivity index (χ0v) is 9.12. The van der Waals surface area contributed by atoms with Crippen molar-refractivity contribution >= 4 is 0 Å². The van der Waals surface area contributed by atoms with Gasteiger partial charge in [-0.2, -0.15) is 0 Å². The first-order chi connectivity index (χ1) is 7.38. The van der Waals surface area contributed by atoms with Crippen LogP contribution in [-0.4, -0.2) is 13.7 Å². The molecule has 0 fully saturated rings. The van der Waals surface area contributed by atoms with Crippen molar-refractivity contribution < 1.29 is 4.74 Å². The largest absolute Gasteiger partial charge is 0.493 e. The molecule has 0 radical (unpaired) electrons. The van der Waals surface area contributed by atoms with E-state index < -0.39 is 0 Å². The fourth-order valence-corrected chi connectivity index (χ4v) is 1.34. The smallest absolute Gasteiger partial charge is 0.123 e. The fraction of sp³-hybridized carbons (Fsp3) is 0.385. The molecule has 0 amide bonds. The quantitative estimate of drug-likeness (QED) is 0.565. The highest BCUT2D eigenvalue weighted by Crippen LogP contribution is 2.17. The average Bonchev–Trinajstić information content (AvgIpc) is 2.27. The second-order valence-corrected chi connectivity index (χ2v) is 3.29. The molecule has 1 N–H and O–H groups in total. The second kappa shape index (κ2) is 6.92. The Balaban J connectivity index is 2.48. The lowest BCUT2D eigenvalue weighted by Crippen LogP contribution is -2.07. The molecule has 0 spiro atoms. The van der Waals surface area contributed by atoms with Crippen molar-refractivity contribution in [2.45, 2.75) is 19.4 Å². The topological polar surface area (TPSA) is 21.3 Å². The van der Waals surface area contributed by atoms with Crippen LogP contribution in [0.15, 0.2) is 24.3 Å². The van der Waals surface area contributed by atoms with Gasteiger partial charge in [0.25, 0.3) is 0 Å². The van der Waals surface area contributed by atoms with Gasteiger partial charge < -0.3 is 10.1 Å². The van der Waals surface area contributed by atoms with Gasteiger partial charge in [-0.15, -0.1) is 12.3 Å². The molecule has 0 heterocycles. The van der Waals surface area contributed by atoms with Gasteiger partial charge in [-0.1, -0.05) is 18.2 Å². The number of hydrogen-bond acceptors (Lipinski definition) is 2. The molecule has 0 saturated carbocycles. The number of rotatable bonds is 6. The van der Waals surface area contributed by atoms with Crippen molar-refractivity contribution in [2.75, 3.05) is 13.7 Å². The maximum Gasteiger partial charge on any atom is 0.123 e. The van der Waals surface area contributed by atoms with Crippen LogP contribution < -0.4 is 10.1 Å². The lowest BCUT2D eigenvalue weighted by atomic mass is 10.2. The molecule has 0 atom stereocenters. The summed E-state index contributed by atoms with van der Waals surface area (Å²) in [6, 6.07) is 8.05. The predicted molar refractivity (Wildman–Crippen MR) is 62.8 cm³/mol. The van der Waals surface area contributed by atoms with Crippen LogP contribution in [0.4, 0.5) is 0 Å². The van der Waals surface area contributed by atoms with Crippen LogP contribution in [0.2, 0.25) is 0 Å². The summed E-state index contributed by atoms with van der Waals surface area (Å²) in [6.45, 7) is 1.51. The van der Waals surface area contributed by atoms with Crippen LogP contribution in [0.3, 0.4) is 0 Å². The van der Waals surface area contributed by atoms with Gasteiger partial charge in [0.1, 0.15) is 5.75 Å². The van der Waals surface area contributed by atoms with Crippen molar-refractivity contribution in [1.29, 1.82) is 0 Å². The number of ether oxygens (including phenoxy) is 1. The van der Waals surface area contributed by atoms with E-state index in [4.69, 9.17) is 11.2 Å². The Bertz CT molecular complexity index is 328. The SMILES string of the molecule is C#CCCCOc1ccccc1CNC. The molecule has 0 unspecified atom stereocenters. The Morgan fingerprint density at radius 3 is 2.93 bits per heavy atom. The van der Waals surface area contributed by atoms with Crippen molar-refractivity contribution in [2.24, 2.45) is 0 Å². The second-order valence-electron chi connectivity index (χ2n) is 3.29. The van der Waals surface area contributed by atoms with Gasteiger partial charge in [-0.05, 0) is 19.5 Å². The molecule has 1 rings (SSSR count). The van der Waals surface area contributed by atoms with Crippen LogP contribution in [0, 0.1) is 12.3 Å². The summed E-state index contributed by atoms with van der Waals surface area (Å²) in [4.78, 5) is 0. The lowest BCUT2D eigenvalue weighted by Gasteiger charge is -2.10. The standard InChI is InChI=1S/C13H17NO/c1-3-4-7-10-15-13-9-6-5-8-12(13)11-14-2/h1,5-6,8-9,14H,4,7,10-11H2,2H3. The Kier molecular flexibility index (Phi) is 5.35. The molecule has 0 aliphatic carbocycles. The summed E-state index contributed by atoms with van der Waals surface area (Å²) in [5.74, 6) is 3.55. The summed E-state index contributed by atoms with van der Waals surface area (Å²) in [5.41, 5.74) is 1.18. The highest BCUT2D eigenvalue weighted by atomic mass is 16.5. The molecule has 0 bridgehead atoms. The van der Waals surface area contributed by atoms with E-state index >= 15 is 0 Å². The Morgan fingerprint density at radius 1 is 1.40 bits per heavy atom. The molecule has 0 saturated heterocycles. The van der Waals surface area contributed by atoms with Crippen LogP contribution in [0.1, 0.15) is 18.4 Å². The molecule has 2 nitrogen and oxygen atoms in total. The monoisotopic (exact) mass is 203 g/mol. The third kappa shape index (κ3) is 4.05. The van der Waals surface area contributed by atoms with Crippen molar-refractivity contribution in [1.82, 2.24) is 5.32 Å². The van der Waals surface area contributed by atoms with E-state index in [1.54, 1.807) is 0 Å². The number of terminal acetylenes is 1. The first kappa shape index (κ1) is 11.6. The van der Waals surface area contributed by atoms with Gasteiger partial charge >= 0.3 is 0 Å². The molecule has 15 heavy (non-hydrogen) atoms. The first-order valence-corrected chi connectivity index (χ1v) is 5.17. The number of para-hydroxylation sites is 1. The minimum Gasteiger partial charge on any atom is -0.493 e. The van der Waals surface area contributed by atoms with Crippen LogP contribution in [0.5, 0.6) is 5.75 Å². The van der Waals surface area contributed by atoms with E-state index in [9.17, 15) is 0 Å². The molecule has 0 aliphatic rings. The Labute approximate surface area is 91.6 Å². The van der Waals surface area contributed by atoms with E-state index in [2.05, 4.69) is 17.3 Å². The average molecular weight is 203 g/mol. The predicted octanol–water partition coefficient (Wildman–Crippen LogP) is 2.20. The zero-order chi connectivity index (χ0) is 10.9. The van der Waals surface area contributed by atoms with Crippen LogP contribution in [-0.2, 0) is 6.54 Å². The highest BCUT2D eigenvalue weighted by molar-refractivity contribution is 5.33. The van der Waals surface area contributed by atoms with Crippen molar-refractivity contribution in [3.63, 3.8) is 0 Å². The maximum atomic E-state index is 5.66. The van der Waals surface area contributed by atoms with E-state index in [-0.39, 0.29) is 0 Å². The van der Waals surface area contributed by atoms with Gasteiger partial charge in [0.15, 0.2) is 0 Å². The normalized spacial score (nSPS) is 9.60. The summed E-state index contributed by atoms with van der Waals surface area (Å²) >= 11 is 0. The van der Waals surface area contributed by atoms with Crippen molar-refractivity contribution in [3.8, 4) is 18.1 Å². The zero-order valence-electron chi connectivity index (χ0n) is 9.12. The third-order valence-electron chi connectivity index (χ3n) is 2.06. The summed E-state index contributed by atoms with van der Waals surface area (Å²) < 4.78 is 5.66. The molecular weight excluding hydrogens is 186 g/mol. The number of benzene rings is 1. The Hall–Kier alpha value is -1.46. The van der Waals surface area contributed by atoms with Gasteiger partial charge in [-0.3, -0.25) is 0 Å². The first-order valence-electron chi connectivity index (χ1n) is 5.17. The van der Waals surface area contributed by atoms with Gasteiger partial charge in [0.2, 0.25) is 0 Å². The van der Waals surface area contributed by atoms with Crippen LogP contribution in [0.25, 0.3) is 0 Å². The summed E-state index contributed by atoms with van der Waals surface area (Å²) in [6.07, 6.45) is 6.85. The highest BCUT2D eigenvalue weighted by Gasteiger charge is 2.00. The fourth-order valence-electron chi connectivity index (χ4n) is 1.34. The molecule has 1 aromatic rings. The Morgan fingerprint density at radius 2 is 2.20 bits per heavy atom. The molecule has 1 aromatic carbocycles. The molecule has 0 aromatic heterocycles. The number of hydrogen-bond donors (Lipinski definition) is 1. The number of nitrogens with one attached hydrogen (secondary N) is 1. The van der Waals surface area contributed by atoms with Gasteiger partial charge in [0, 0.05) is 18.5 Å². The minimum absolute atomic E-state index is 0.685. The van der Waals surface area contributed by atoms with E-state index in [0.717, 1.165) is 25.1 Å². The van der Waals surface area contributed by atoms with Crippen LogP contribution >= 0.6 is 0 Å². The van der Waals surface area contributed by atoms with Gasteiger partial charge in [-0.25, -0.2) is 0 Å². The lowest BCUT2D eigenvalue weighted by molar-refractivity contribution is 0.309. The molecule has 0 aliphatic heterocycles. The third-order valence-corrected chi connectivity index (χ3v) is 2.06. The summed E-state index contributed by atoms with van der Waals surface area (Å²) in [7, 11) is 1.93. The maximum absolute atomic E-state index is 5.66. The molecule has 2 heteroatoms. The van der Waals surface area contributed by atoms with E-state index in [1.807, 2.05) is 25.2 Å². The van der Waals surface area contributed by atoms with Crippen molar-refractivity contribution in [3.05, 3.63) is 29.8 Å². The van der Waals surface area contributed by atoms with E-state index in [0.29, 0.717) is 6.61 Å².